The Balaban J connectivity index is 1.31. The minimum absolute atomic E-state index is 0.144. The number of benzene rings is 3. The topological polar surface area (TPSA) is 84.9 Å². The van der Waals surface area contributed by atoms with E-state index in [0.717, 1.165) is 37.4 Å². The van der Waals surface area contributed by atoms with Gasteiger partial charge in [-0.1, -0.05) is 42.5 Å². The van der Waals surface area contributed by atoms with Crippen molar-refractivity contribution in [2.45, 2.75) is 13.0 Å². The average molecular weight is 459 g/mol. The minimum atomic E-state index is -0.227. The van der Waals surface area contributed by atoms with Gasteiger partial charge >= 0.3 is 0 Å². The van der Waals surface area contributed by atoms with Crippen LogP contribution in [0, 0.1) is 0 Å². The van der Waals surface area contributed by atoms with Crippen LogP contribution in [0.2, 0.25) is 0 Å². The Hall–Kier alpha value is -3.84. The van der Waals surface area contributed by atoms with Gasteiger partial charge in [-0.25, -0.2) is 0 Å². The van der Waals surface area contributed by atoms with Gasteiger partial charge in [-0.2, -0.15) is 0 Å². The van der Waals surface area contributed by atoms with Crippen LogP contribution in [0.15, 0.2) is 78.9 Å². The number of carbonyl (C=O) groups excluding carboxylic acids is 2. The molecule has 3 N–H and O–H groups in total. The van der Waals surface area contributed by atoms with Crippen molar-refractivity contribution < 1.29 is 14.7 Å². The average Bonchev–Trinajstić information content (AvgIpc) is 2.86. The minimum Gasteiger partial charge on any atom is -0.508 e. The number of hydrogen-bond acceptors (Lipinski definition) is 5. The Morgan fingerprint density at radius 2 is 1.53 bits per heavy atom. The highest BCUT2D eigenvalue weighted by Gasteiger charge is 2.21. The van der Waals surface area contributed by atoms with Crippen molar-refractivity contribution in [2.24, 2.45) is 0 Å². The van der Waals surface area contributed by atoms with Crippen molar-refractivity contribution in [2.75, 3.05) is 42.9 Å². The van der Waals surface area contributed by atoms with E-state index >= 15 is 0 Å². The van der Waals surface area contributed by atoms with E-state index in [2.05, 4.69) is 20.4 Å². The molecule has 1 aliphatic rings. The fourth-order valence-corrected chi connectivity index (χ4v) is 4.11. The molecule has 0 unspecified atom stereocenters. The number of piperazine rings is 1. The summed E-state index contributed by atoms with van der Waals surface area (Å²) in [6.07, 6.45) is 0. The van der Waals surface area contributed by atoms with E-state index in [9.17, 15) is 14.7 Å². The number of hydrogen-bond donors (Lipinski definition) is 3. The molecule has 1 atom stereocenters. The third-order valence-electron chi connectivity index (χ3n) is 6.05. The summed E-state index contributed by atoms with van der Waals surface area (Å²) in [5.41, 5.74) is 3.03. The van der Waals surface area contributed by atoms with Gasteiger partial charge in [-0.15, -0.1) is 0 Å². The molecule has 1 heterocycles. The van der Waals surface area contributed by atoms with Crippen LogP contribution < -0.4 is 15.5 Å². The Morgan fingerprint density at radius 1 is 0.882 bits per heavy atom. The van der Waals surface area contributed by atoms with Gasteiger partial charge in [-0.05, 0) is 48.9 Å². The molecular weight excluding hydrogens is 428 g/mol. The molecule has 0 spiro atoms. The third-order valence-corrected chi connectivity index (χ3v) is 6.05. The van der Waals surface area contributed by atoms with Crippen molar-refractivity contribution in [1.82, 2.24) is 10.2 Å². The fourth-order valence-electron chi connectivity index (χ4n) is 4.11. The smallest absolute Gasteiger partial charge is 0.253 e. The first kappa shape index (κ1) is 23.3. The summed E-state index contributed by atoms with van der Waals surface area (Å²) in [7, 11) is 0. The third kappa shape index (κ3) is 5.94. The zero-order valence-corrected chi connectivity index (χ0v) is 19.3. The van der Waals surface area contributed by atoms with Gasteiger partial charge in [0.1, 0.15) is 5.75 Å². The molecule has 0 radical (unpaired) electrons. The Morgan fingerprint density at radius 3 is 2.24 bits per heavy atom. The number of phenols is 1. The predicted molar refractivity (Wildman–Crippen MR) is 134 cm³/mol. The summed E-state index contributed by atoms with van der Waals surface area (Å²) in [6, 6.07) is 23.9. The number of para-hydroxylation sites is 1. The molecule has 7 heteroatoms. The maximum atomic E-state index is 12.9. The molecule has 7 nitrogen and oxygen atoms in total. The van der Waals surface area contributed by atoms with Crippen LogP contribution in [0.5, 0.6) is 5.75 Å². The van der Waals surface area contributed by atoms with E-state index in [1.54, 1.807) is 30.3 Å². The van der Waals surface area contributed by atoms with Gasteiger partial charge in [0, 0.05) is 31.9 Å². The zero-order chi connectivity index (χ0) is 23.9. The largest absolute Gasteiger partial charge is 0.508 e. The lowest BCUT2D eigenvalue weighted by atomic mass is 10.1. The molecule has 0 bridgehead atoms. The van der Waals surface area contributed by atoms with Crippen LogP contribution in [-0.4, -0.2) is 54.5 Å². The van der Waals surface area contributed by atoms with Crippen molar-refractivity contribution in [3.8, 4) is 5.75 Å². The summed E-state index contributed by atoms with van der Waals surface area (Å²) in [6.45, 7) is 5.31. The van der Waals surface area contributed by atoms with Crippen LogP contribution in [-0.2, 0) is 4.79 Å². The Labute approximate surface area is 200 Å². The molecule has 0 aliphatic carbocycles. The van der Waals surface area contributed by atoms with E-state index in [1.807, 2.05) is 55.5 Å². The number of phenolic OH excluding ortho intramolecular Hbond substituents is 1. The first-order chi connectivity index (χ1) is 16.5. The fraction of sp³-hybridized carbons (Fsp3) is 0.259. The molecule has 2 amide bonds. The SMILES string of the molecule is C[C@H](NC(=O)c1ccccc1NC(=O)CN1CCN(c2ccc(O)cc2)CC1)c1ccccc1. The molecule has 1 fully saturated rings. The lowest BCUT2D eigenvalue weighted by Crippen LogP contribution is -2.48. The first-order valence-electron chi connectivity index (χ1n) is 11.5. The van der Waals surface area contributed by atoms with Crippen molar-refractivity contribution in [3.05, 3.63) is 90.0 Å². The normalized spacial score (nSPS) is 14.9. The molecule has 4 rings (SSSR count). The highest BCUT2D eigenvalue weighted by atomic mass is 16.3. The van der Waals surface area contributed by atoms with Gasteiger partial charge in [0.15, 0.2) is 0 Å². The molecule has 0 aromatic heterocycles. The Bertz CT molecular complexity index is 1110. The van der Waals surface area contributed by atoms with Crippen molar-refractivity contribution in [1.29, 1.82) is 0 Å². The van der Waals surface area contributed by atoms with Crippen molar-refractivity contribution in [3.63, 3.8) is 0 Å². The Kier molecular flexibility index (Phi) is 7.44. The van der Waals surface area contributed by atoms with Gasteiger partial charge < -0.3 is 20.6 Å². The summed E-state index contributed by atoms with van der Waals surface area (Å²) in [4.78, 5) is 30.0. The van der Waals surface area contributed by atoms with E-state index in [4.69, 9.17) is 0 Å². The second kappa shape index (κ2) is 10.9. The molecule has 176 valence electrons. The van der Waals surface area contributed by atoms with E-state index < -0.39 is 0 Å². The molecular formula is C27H30N4O3. The molecule has 0 saturated carbocycles. The number of amides is 2. The molecule has 1 saturated heterocycles. The summed E-state index contributed by atoms with van der Waals surface area (Å²) < 4.78 is 0. The molecule has 34 heavy (non-hydrogen) atoms. The van der Waals surface area contributed by atoms with E-state index in [0.29, 0.717) is 11.3 Å². The highest BCUT2D eigenvalue weighted by molar-refractivity contribution is 6.04. The van der Waals surface area contributed by atoms with Crippen LogP contribution >= 0.6 is 0 Å². The van der Waals surface area contributed by atoms with E-state index in [-0.39, 0.29) is 30.2 Å². The summed E-state index contributed by atoms with van der Waals surface area (Å²) in [5, 5.41) is 15.4. The van der Waals surface area contributed by atoms with Crippen LogP contribution in [0.4, 0.5) is 11.4 Å². The number of rotatable bonds is 7. The molecule has 3 aromatic rings. The summed E-state index contributed by atoms with van der Waals surface area (Å²) in [5.74, 6) is -0.119. The predicted octanol–water partition coefficient (Wildman–Crippen LogP) is 3.64. The number of carbonyl (C=O) groups is 2. The maximum absolute atomic E-state index is 12.9. The maximum Gasteiger partial charge on any atom is 0.253 e. The number of nitrogens with one attached hydrogen (secondary N) is 2. The molecule has 1 aliphatic heterocycles. The van der Waals surface area contributed by atoms with Crippen LogP contribution in [0.3, 0.4) is 0 Å². The molecule has 3 aromatic carbocycles. The highest BCUT2D eigenvalue weighted by Crippen LogP contribution is 2.21. The van der Waals surface area contributed by atoms with Gasteiger partial charge in [0.25, 0.3) is 5.91 Å². The first-order valence-corrected chi connectivity index (χ1v) is 11.5. The van der Waals surface area contributed by atoms with Gasteiger partial charge in [0.05, 0.1) is 23.8 Å². The summed E-state index contributed by atoms with van der Waals surface area (Å²) >= 11 is 0. The second-order valence-electron chi connectivity index (χ2n) is 8.48. The van der Waals surface area contributed by atoms with Crippen LogP contribution in [0.25, 0.3) is 0 Å². The number of anilines is 2. The van der Waals surface area contributed by atoms with Gasteiger partial charge in [-0.3, -0.25) is 14.5 Å². The van der Waals surface area contributed by atoms with E-state index in [1.165, 1.54) is 0 Å². The standard InChI is InChI=1S/C27H30N4O3/c1-20(21-7-3-2-4-8-21)28-27(34)24-9-5-6-10-25(24)29-26(33)19-30-15-17-31(18-16-30)22-11-13-23(32)14-12-22/h2-14,20,32H,15-19H2,1H3,(H,28,34)(H,29,33)/t20-/m0/s1. The second-order valence-corrected chi connectivity index (χ2v) is 8.48. The van der Waals surface area contributed by atoms with Crippen LogP contribution in [0.1, 0.15) is 28.9 Å². The zero-order valence-electron chi connectivity index (χ0n) is 19.3. The monoisotopic (exact) mass is 458 g/mol. The lowest BCUT2D eigenvalue weighted by molar-refractivity contribution is -0.117. The number of aromatic hydroxyl groups is 1. The quantitative estimate of drug-likeness (QED) is 0.503. The van der Waals surface area contributed by atoms with Crippen molar-refractivity contribution >= 4 is 23.2 Å². The number of nitrogens with zero attached hydrogens (tertiary/aromatic N) is 2. The lowest BCUT2D eigenvalue weighted by Gasteiger charge is -2.35. The van der Waals surface area contributed by atoms with Gasteiger partial charge in [0.2, 0.25) is 5.91 Å².